The molecular weight excluding hydrogens is 282 g/mol. The lowest BCUT2D eigenvalue weighted by atomic mass is 10.1. The fourth-order valence-corrected chi connectivity index (χ4v) is 3.18. The van der Waals surface area contributed by atoms with E-state index in [1.54, 1.807) is 19.9 Å². The number of benzene rings is 1. The van der Waals surface area contributed by atoms with E-state index in [4.69, 9.17) is 14.6 Å². The molecule has 2 N–H and O–H groups in total. The Kier molecular flexibility index (Phi) is 4.22. The molecule has 1 aromatic rings. The molecule has 1 aliphatic rings. The number of hydrogen-bond donors (Lipinski definition) is 2. The Balaban J connectivity index is 2.31. The van der Waals surface area contributed by atoms with Crippen molar-refractivity contribution in [3.8, 4) is 11.5 Å². The number of aliphatic hydroxyl groups excluding tert-OH is 1. The molecule has 7 heteroatoms. The van der Waals surface area contributed by atoms with Gasteiger partial charge in [0.1, 0.15) is 0 Å². The Labute approximate surface area is 118 Å². The van der Waals surface area contributed by atoms with Gasteiger partial charge in [-0.1, -0.05) is 0 Å². The summed E-state index contributed by atoms with van der Waals surface area (Å²) in [5.41, 5.74) is -0.928. The molecule has 0 fully saturated rings. The van der Waals surface area contributed by atoms with Gasteiger partial charge in [0.2, 0.25) is 10.0 Å². The second-order valence-electron chi connectivity index (χ2n) is 5.31. The van der Waals surface area contributed by atoms with Crippen LogP contribution < -0.4 is 14.2 Å². The van der Waals surface area contributed by atoms with Gasteiger partial charge in [-0.2, -0.15) is 0 Å². The second-order valence-corrected chi connectivity index (χ2v) is 6.99. The SMILES string of the molecule is CC(C)(CO)NS(=O)(=O)c1ccc2c(c1)OCCCO2. The van der Waals surface area contributed by atoms with Gasteiger partial charge in [0, 0.05) is 12.5 Å². The summed E-state index contributed by atoms with van der Waals surface area (Å²) in [6, 6.07) is 4.49. The first-order valence-electron chi connectivity index (χ1n) is 6.38. The first kappa shape index (κ1) is 15.1. The molecule has 0 radical (unpaired) electrons. The molecule has 1 aromatic carbocycles. The van der Waals surface area contributed by atoms with Crippen LogP contribution in [0.25, 0.3) is 0 Å². The maximum Gasteiger partial charge on any atom is 0.241 e. The van der Waals surface area contributed by atoms with Crippen molar-refractivity contribution in [3.05, 3.63) is 18.2 Å². The van der Waals surface area contributed by atoms with Crippen LogP contribution in [0.5, 0.6) is 11.5 Å². The highest BCUT2D eigenvalue weighted by atomic mass is 32.2. The van der Waals surface area contributed by atoms with Gasteiger partial charge >= 0.3 is 0 Å². The molecule has 2 rings (SSSR count). The highest BCUT2D eigenvalue weighted by Gasteiger charge is 2.26. The number of sulfonamides is 1. The number of nitrogens with one attached hydrogen (secondary N) is 1. The monoisotopic (exact) mass is 301 g/mol. The summed E-state index contributed by atoms with van der Waals surface area (Å²) in [4.78, 5) is 0.0864. The lowest BCUT2D eigenvalue weighted by Crippen LogP contribution is -2.46. The van der Waals surface area contributed by atoms with Crippen LogP contribution in [0.1, 0.15) is 20.3 Å². The summed E-state index contributed by atoms with van der Waals surface area (Å²) in [5, 5.41) is 9.16. The first-order chi connectivity index (χ1) is 9.34. The molecule has 0 saturated carbocycles. The maximum atomic E-state index is 12.3. The summed E-state index contributed by atoms with van der Waals surface area (Å²) in [5.74, 6) is 0.968. The Morgan fingerprint density at radius 2 is 1.90 bits per heavy atom. The van der Waals surface area contributed by atoms with Crippen LogP contribution in [0.4, 0.5) is 0 Å². The molecule has 1 heterocycles. The number of rotatable bonds is 4. The lowest BCUT2D eigenvalue weighted by Gasteiger charge is -2.23. The molecule has 0 aliphatic carbocycles. The molecule has 0 aromatic heterocycles. The number of hydrogen-bond acceptors (Lipinski definition) is 5. The number of ether oxygens (including phenoxy) is 2. The lowest BCUT2D eigenvalue weighted by molar-refractivity contribution is 0.208. The van der Waals surface area contributed by atoms with E-state index in [1.165, 1.54) is 12.1 Å². The summed E-state index contributed by atoms with van der Waals surface area (Å²) < 4.78 is 37.9. The zero-order valence-corrected chi connectivity index (χ0v) is 12.4. The van der Waals surface area contributed by atoms with E-state index >= 15 is 0 Å². The summed E-state index contributed by atoms with van der Waals surface area (Å²) in [6.45, 7) is 3.96. The van der Waals surface area contributed by atoms with Crippen molar-refractivity contribution in [2.45, 2.75) is 30.7 Å². The molecule has 0 spiro atoms. The van der Waals surface area contributed by atoms with Crippen molar-refractivity contribution >= 4 is 10.0 Å². The Bertz CT molecular complexity index is 582. The third-order valence-electron chi connectivity index (χ3n) is 2.84. The Morgan fingerprint density at radius 1 is 1.25 bits per heavy atom. The Morgan fingerprint density at radius 3 is 2.55 bits per heavy atom. The van der Waals surface area contributed by atoms with Crippen LogP contribution in [0, 0.1) is 0 Å². The molecular formula is C13H19NO5S. The van der Waals surface area contributed by atoms with Crippen LogP contribution in [0.15, 0.2) is 23.1 Å². The van der Waals surface area contributed by atoms with Crippen LogP contribution in [-0.4, -0.2) is 38.9 Å². The molecule has 0 saturated heterocycles. The van der Waals surface area contributed by atoms with Gasteiger partial charge in [-0.05, 0) is 26.0 Å². The molecule has 6 nitrogen and oxygen atoms in total. The van der Waals surface area contributed by atoms with E-state index in [-0.39, 0.29) is 11.5 Å². The van der Waals surface area contributed by atoms with E-state index in [0.717, 1.165) is 6.42 Å². The molecule has 0 unspecified atom stereocenters. The second kappa shape index (κ2) is 5.59. The highest BCUT2D eigenvalue weighted by molar-refractivity contribution is 7.89. The van der Waals surface area contributed by atoms with E-state index in [0.29, 0.717) is 24.7 Å². The smallest absolute Gasteiger partial charge is 0.241 e. The maximum absolute atomic E-state index is 12.3. The van der Waals surface area contributed by atoms with E-state index in [1.807, 2.05) is 0 Å². The molecule has 20 heavy (non-hydrogen) atoms. The van der Waals surface area contributed by atoms with Crippen molar-refractivity contribution in [2.75, 3.05) is 19.8 Å². The fraction of sp³-hybridized carbons (Fsp3) is 0.538. The van der Waals surface area contributed by atoms with Gasteiger partial charge in [-0.15, -0.1) is 0 Å². The average molecular weight is 301 g/mol. The van der Waals surface area contributed by atoms with Crippen molar-refractivity contribution in [1.82, 2.24) is 4.72 Å². The van der Waals surface area contributed by atoms with Crippen LogP contribution >= 0.6 is 0 Å². The van der Waals surface area contributed by atoms with Gasteiger partial charge in [0.15, 0.2) is 11.5 Å². The first-order valence-corrected chi connectivity index (χ1v) is 7.87. The third kappa shape index (κ3) is 3.41. The zero-order valence-electron chi connectivity index (χ0n) is 11.5. The Hall–Kier alpha value is -1.31. The largest absolute Gasteiger partial charge is 0.490 e. The molecule has 0 amide bonds. The van der Waals surface area contributed by atoms with Gasteiger partial charge < -0.3 is 14.6 Å². The van der Waals surface area contributed by atoms with Crippen molar-refractivity contribution < 1.29 is 23.0 Å². The molecule has 0 atom stereocenters. The van der Waals surface area contributed by atoms with Gasteiger partial charge in [0.05, 0.1) is 30.3 Å². The summed E-state index contributed by atoms with van der Waals surface area (Å²) >= 11 is 0. The van der Waals surface area contributed by atoms with Crippen LogP contribution in [0.2, 0.25) is 0 Å². The zero-order chi connectivity index (χ0) is 14.8. The van der Waals surface area contributed by atoms with E-state index in [9.17, 15) is 8.42 Å². The number of aliphatic hydroxyl groups is 1. The van der Waals surface area contributed by atoms with Crippen LogP contribution in [-0.2, 0) is 10.0 Å². The van der Waals surface area contributed by atoms with Gasteiger partial charge in [-0.25, -0.2) is 13.1 Å². The predicted octanol–water partition coefficient (Wildman–Crippen LogP) is 0.897. The summed E-state index contributed by atoms with van der Waals surface area (Å²) in [7, 11) is -3.72. The van der Waals surface area contributed by atoms with E-state index < -0.39 is 15.6 Å². The fourth-order valence-electron chi connectivity index (χ4n) is 1.77. The van der Waals surface area contributed by atoms with Crippen molar-refractivity contribution in [2.24, 2.45) is 0 Å². The highest BCUT2D eigenvalue weighted by Crippen LogP contribution is 2.32. The van der Waals surface area contributed by atoms with E-state index in [2.05, 4.69) is 4.72 Å². The summed E-state index contributed by atoms with van der Waals surface area (Å²) in [6.07, 6.45) is 0.757. The van der Waals surface area contributed by atoms with Gasteiger partial charge in [0.25, 0.3) is 0 Å². The molecule has 1 aliphatic heterocycles. The third-order valence-corrected chi connectivity index (χ3v) is 4.53. The quantitative estimate of drug-likeness (QED) is 0.863. The average Bonchev–Trinajstić information content (AvgIpc) is 2.61. The normalized spacial score (nSPS) is 15.8. The standard InChI is InChI=1S/C13H19NO5S/c1-13(2,9-15)14-20(16,17)10-4-5-11-12(8-10)19-7-3-6-18-11/h4-5,8,14-15H,3,6-7,9H2,1-2H3. The number of fused-ring (bicyclic) bond motifs is 1. The predicted molar refractivity (Wildman–Crippen MR) is 73.5 cm³/mol. The minimum atomic E-state index is -3.72. The minimum absolute atomic E-state index is 0.0864. The molecule has 0 bridgehead atoms. The molecule has 112 valence electrons. The van der Waals surface area contributed by atoms with Crippen LogP contribution in [0.3, 0.4) is 0 Å². The van der Waals surface area contributed by atoms with Gasteiger partial charge in [-0.3, -0.25) is 0 Å². The van der Waals surface area contributed by atoms with Crippen molar-refractivity contribution in [1.29, 1.82) is 0 Å². The minimum Gasteiger partial charge on any atom is -0.490 e. The van der Waals surface area contributed by atoms with Crippen molar-refractivity contribution in [3.63, 3.8) is 0 Å². The topological polar surface area (TPSA) is 84.9 Å².